The van der Waals surface area contributed by atoms with Crippen molar-refractivity contribution < 1.29 is 6.22 Å². The summed E-state index contributed by atoms with van der Waals surface area (Å²) in [5, 5.41) is 3.08. The second-order valence-corrected chi connectivity index (χ2v) is 9.31. The third-order valence-electron chi connectivity index (χ3n) is 7.22. The van der Waals surface area contributed by atoms with E-state index < -0.39 is 0 Å². The van der Waals surface area contributed by atoms with Crippen LogP contribution in [0.25, 0.3) is 0 Å². The molecule has 3 fully saturated rings. The van der Waals surface area contributed by atoms with E-state index >= 15 is 0 Å². The highest BCUT2D eigenvalue weighted by Gasteiger charge is 2.45. The first-order chi connectivity index (χ1) is 13.1. The van der Waals surface area contributed by atoms with Gasteiger partial charge in [-0.3, -0.25) is 4.79 Å². The maximum atomic E-state index is 11.4. The summed E-state index contributed by atoms with van der Waals surface area (Å²) in [4.78, 5) is 19.4. The molecule has 27 heavy (non-hydrogen) atoms. The lowest BCUT2D eigenvalue weighted by atomic mass is 9.57. The third-order valence-corrected chi connectivity index (χ3v) is 7.22. The molecule has 0 bridgehead atoms. The molecule has 3 aliphatic rings. The van der Waals surface area contributed by atoms with Gasteiger partial charge >= 0.3 is 0 Å². The van der Waals surface area contributed by atoms with Crippen LogP contribution in [-0.2, 0) is 4.79 Å². The van der Waals surface area contributed by atoms with Crippen molar-refractivity contribution in [2.45, 2.75) is 58.8 Å². The Morgan fingerprint density at radius 2 is 1.48 bits per heavy atom. The largest absolute Gasteiger partial charge is 0.356 e. The van der Waals surface area contributed by atoms with Gasteiger partial charge in [-0.05, 0) is 82.6 Å². The zero-order valence-electron chi connectivity index (χ0n) is 17.8. The van der Waals surface area contributed by atoms with Crippen molar-refractivity contribution in [2.24, 2.45) is 11.3 Å². The molecule has 158 valence electrons. The predicted molar refractivity (Wildman–Crippen MR) is 114 cm³/mol. The number of rotatable bonds is 9. The van der Waals surface area contributed by atoms with Gasteiger partial charge in [0.2, 0.25) is 5.91 Å². The minimum atomic E-state index is 0. The van der Waals surface area contributed by atoms with E-state index in [1.54, 1.807) is 0 Å². The van der Waals surface area contributed by atoms with E-state index in [4.69, 9.17) is 0 Å². The van der Waals surface area contributed by atoms with E-state index in [0.717, 1.165) is 12.5 Å². The molecular weight excluding hydrogens is 336 g/mol. The first-order valence-electron chi connectivity index (χ1n) is 11.6. The number of likely N-dealkylation sites (tertiary alicyclic amines) is 1. The van der Waals surface area contributed by atoms with Crippen LogP contribution in [0.1, 0.15) is 60.2 Å². The molecule has 1 spiro atoms. The molecule has 1 N–H and O–H groups in total. The van der Waals surface area contributed by atoms with Crippen molar-refractivity contribution in [1.29, 1.82) is 0 Å². The molecule has 3 rings (SSSR count). The van der Waals surface area contributed by atoms with Crippen molar-refractivity contribution in [3.8, 4) is 0 Å². The zero-order chi connectivity index (χ0) is 19.1. The van der Waals surface area contributed by atoms with Crippen LogP contribution in [0, 0.1) is 11.3 Å². The number of carbonyl (C=O) groups excluding carboxylic acids is 1. The fourth-order valence-corrected chi connectivity index (χ4v) is 5.42. The van der Waals surface area contributed by atoms with Gasteiger partial charge in [-0.15, -0.1) is 0 Å². The third kappa shape index (κ3) is 6.16. The van der Waals surface area contributed by atoms with Gasteiger partial charge in [0, 0.05) is 40.6 Å². The number of hydrogen-bond donors (Lipinski definition) is 1. The van der Waals surface area contributed by atoms with Gasteiger partial charge in [-0.2, -0.15) is 0 Å². The van der Waals surface area contributed by atoms with E-state index in [0.29, 0.717) is 11.8 Å². The molecule has 1 amide bonds. The van der Waals surface area contributed by atoms with Gasteiger partial charge in [-0.1, -0.05) is 13.8 Å². The fourth-order valence-electron chi connectivity index (χ4n) is 5.42. The van der Waals surface area contributed by atoms with E-state index in [1.165, 1.54) is 97.4 Å². The molecule has 0 aromatic rings. The van der Waals surface area contributed by atoms with Crippen molar-refractivity contribution in [3.05, 3.63) is 0 Å². The van der Waals surface area contributed by atoms with Crippen LogP contribution in [0.5, 0.6) is 0 Å². The number of nitrogens with zero attached hydrogens (tertiary/aromatic N) is 3. The van der Waals surface area contributed by atoms with Crippen LogP contribution in [0.15, 0.2) is 0 Å². The zero-order valence-corrected chi connectivity index (χ0v) is 17.8. The maximum absolute atomic E-state index is 11.4. The standard InChI is InChI=1S/C22H42N4O.H2/c1-3-8-24-13-15-26(16-14-24)10-5-9-25-11-6-22(7-12-25)17-20(18-22)19-23-21(27)4-2;/h20H,3-19H2,1-2H3,(H,23,27);1H. The summed E-state index contributed by atoms with van der Waals surface area (Å²) in [7, 11) is 0. The van der Waals surface area contributed by atoms with Gasteiger partial charge in [-0.25, -0.2) is 0 Å². The summed E-state index contributed by atoms with van der Waals surface area (Å²) in [5.74, 6) is 0.941. The Balaban J connectivity index is 0.00000280. The Kier molecular flexibility index (Phi) is 7.97. The SMILES string of the molecule is CCCN1CCN(CCCN2CCC3(CC2)CC(CNC(=O)CC)C3)CC1.[HH]. The fraction of sp³-hybridized carbons (Fsp3) is 0.955. The van der Waals surface area contributed by atoms with Gasteiger partial charge in [0.25, 0.3) is 0 Å². The highest BCUT2D eigenvalue weighted by atomic mass is 16.1. The van der Waals surface area contributed by atoms with Crippen molar-refractivity contribution in [3.63, 3.8) is 0 Å². The van der Waals surface area contributed by atoms with Crippen molar-refractivity contribution in [1.82, 2.24) is 20.0 Å². The second kappa shape index (κ2) is 10.2. The quantitative estimate of drug-likeness (QED) is 0.667. The number of hydrogen-bond acceptors (Lipinski definition) is 4. The molecule has 2 heterocycles. The van der Waals surface area contributed by atoms with Crippen LogP contribution < -0.4 is 5.32 Å². The molecule has 1 saturated carbocycles. The van der Waals surface area contributed by atoms with Crippen LogP contribution in [-0.4, -0.2) is 86.1 Å². The molecule has 5 nitrogen and oxygen atoms in total. The summed E-state index contributed by atoms with van der Waals surface area (Å²) >= 11 is 0. The van der Waals surface area contributed by atoms with E-state index in [9.17, 15) is 4.79 Å². The Bertz CT molecular complexity index is 451. The lowest BCUT2D eigenvalue weighted by molar-refractivity contribution is -0.121. The van der Waals surface area contributed by atoms with Gasteiger partial charge in [0.05, 0.1) is 0 Å². The molecule has 0 atom stereocenters. The Morgan fingerprint density at radius 3 is 2.04 bits per heavy atom. The second-order valence-electron chi connectivity index (χ2n) is 9.31. The molecule has 1 aliphatic carbocycles. The summed E-state index contributed by atoms with van der Waals surface area (Å²) in [6.07, 6.45) is 8.65. The smallest absolute Gasteiger partial charge is 0.219 e. The summed E-state index contributed by atoms with van der Waals surface area (Å²) in [6.45, 7) is 16.6. The van der Waals surface area contributed by atoms with Crippen LogP contribution in [0.3, 0.4) is 0 Å². The normalized spacial score (nSPS) is 24.8. The molecule has 0 unspecified atom stereocenters. The number of carbonyl (C=O) groups is 1. The molecule has 0 aromatic heterocycles. The summed E-state index contributed by atoms with van der Waals surface area (Å²) in [6, 6.07) is 0. The minimum Gasteiger partial charge on any atom is -0.356 e. The highest BCUT2D eigenvalue weighted by Crippen LogP contribution is 2.52. The molecule has 0 radical (unpaired) electrons. The Morgan fingerprint density at radius 1 is 0.926 bits per heavy atom. The first kappa shape index (κ1) is 21.1. The molecule has 2 saturated heterocycles. The Labute approximate surface area is 168 Å². The maximum Gasteiger partial charge on any atom is 0.219 e. The molecular formula is C22H44N4O. The lowest BCUT2D eigenvalue weighted by Crippen LogP contribution is -2.50. The average molecular weight is 381 g/mol. The van der Waals surface area contributed by atoms with Crippen LogP contribution >= 0.6 is 0 Å². The topological polar surface area (TPSA) is 38.8 Å². The number of nitrogens with one attached hydrogen (secondary N) is 1. The van der Waals surface area contributed by atoms with Crippen molar-refractivity contribution in [2.75, 3.05) is 65.4 Å². The number of piperidine rings is 1. The predicted octanol–water partition coefficient (Wildman–Crippen LogP) is 2.67. The molecule has 5 heteroatoms. The number of piperazine rings is 1. The lowest BCUT2D eigenvalue weighted by Gasteiger charge is -2.52. The van der Waals surface area contributed by atoms with Crippen molar-refractivity contribution >= 4 is 5.91 Å². The summed E-state index contributed by atoms with van der Waals surface area (Å²) in [5.41, 5.74) is 0.619. The van der Waals surface area contributed by atoms with Gasteiger partial charge in [0.15, 0.2) is 0 Å². The monoisotopic (exact) mass is 380 g/mol. The van der Waals surface area contributed by atoms with Crippen LogP contribution in [0.2, 0.25) is 0 Å². The first-order valence-corrected chi connectivity index (χ1v) is 11.6. The summed E-state index contributed by atoms with van der Waals surface area (Å²) < 4.78 is 0. The number of amides is 1. The Hall–Kier alpha value is -0.650. The van der Waals surface area contributed by atoms with Gasteiger partial charge < -0.3 is 20.0 Å². The average Bonchev–Trinajstić information content (AvgIpc) is 2.67. The highest BCUT2D eigenvalue weighted by molar-refractivity contribution is 5.75. The van der Waals surface area contributed by atoms with E-state index in [1.807, 2.05) is 6.92 Å². The molecule has 0 aromatic carbocycles. The van der Waals surface area contributed by atoms with E-state index in [-0.39, 0.29) is 7.33 Å². The molecule has 2 aliphatic heterocycles. The minimum absolute atomic E-state index is 0. The van der Waals surface area contributed by atoms with Gasteiger partial charge in [0.1, 0.15) is 0 Å². The van der Waals surface area contributed by atoms with E-state index in [2.05, 4.69) is 26.9 Å². The van der Waals surface area contributed by atoms with Crippen LogP contribution in [0.4, 0.5) is 0 Å².